The minimum atomic E-state index is -0.0182. The van der Waals surface area contributed by atoms with Crippen LogP contribution in [0.3, 0.4) is 0 Å². The molecule has 2 unspecified atom stereocenters. The van der Waals surface area contributed by atoms with Crippen LogP contribution in [0.2, 0.25) is 0 Å². The van der Waals surface area contributed by atoms with Crippen molar-refractivity contribution in [3.63, 3.8) is 0 Å². The Morgan fingerprint density at radius 1 is 1.54 bits per heavy atom. The lowest BCUT2D eigenvalue weighted by molar-refractivity contribution is 0.148. The predicted octanol–water partition coefficient (Wildman–Crippen LogP) is 0.417. The van der Waals surface area contributed by atoms with E-state index >= 15 is 0 Å². The third kappa shape index (κ3) is 4.53. The van der Waals surface area contributed by atoms with E-state index in [9.17, 15) is 0 Å². The molecule has 2 atom stereocenters. The predicted molar refractivity (Wildman–Crippen MR) is 56.9 cm³/mol. The van der Waals surface area contributed by atoms with Crippen molar-refractivity contribution in [1.29, 1.82) is 0 Å². The first-order valence-electron chi connectivity index (χ1n) is 4.37. The third-order valence-corrected chi connectivity index (χ3v) is 4.55. The van der Waals surface area contributed by atoms with E-state index in [1.807, 2.05) is 11.8 Å². The average Bonchev–Trinajstić information content (AvgIpc) is 2.60. The molecule has 6 heteroatoms. The summed E-state index contributed by atoms with van der Waals surface area (Å²) in [5.74, 6) is 1.08. The molecule has 1 saturated heterocycles. The lowest BCUT2D eigenvalue weighted by Crippen LogP contribution is -2.32. The molecule has 1 aliphatic heterocycles. The van der Waals surface area contributed by atoms with Gasteiger partial charge in [-0.3, -0.25) is 5.32 Å². The van der Waals surface area contributed by atoms with E-state index in [2.05, 4.69) is 10.8 Å². The summed E-state index contributed by atoms with van der Waals surface area (Å²) in [6, 6.07) is 0. The van der Waals surface area contributed by atoms with Crippen molar-refractivity contribution in [1.82, 2.24) is 10.8 Å². The van der Waals surface area contributed by atoms with Crippen molar-refractivity contribution < 1.29 is 10.3 Å². The fraction of sp³-hybridized carbons (Fsp3) is 1.00. The maximum atomic E-state index is 8.62. The van der Waals surface area contributed by atoms with E-state index in [1.165, 1.54) is 0 Å². The number of nitrogens with one attached hydrogen (secondary N) is 2. The van der Waals surface area contributed by atoms with E-state index in [0.29, 0.717) is 4.58 Å². The van der Waals surface area contributed by atoms with Gasteiger partial charge in [0.05, 0.1) is 4.58 Å². The van der Waals surface area contributed by atoms with Crippen LogP contribution in [-0.4, -0.2) is 39.3 Å². The highest BCUT2D eigenvalue weighted by molar-refractivity contribution is 8.17. The number of unbranched alkanes of at least 4 members (excludes halogenated alkanes) is 1. The van der Waals surface area contributed by atoms with Crippen LogP contribution in [0.15, 0.2) is 0 Å². The summed E-state index contributed by atoms with van der Waals surface area (Å²) in [5.41, 5.74) is 2.18. The van der Waals surface area contributed by atoms with Gasteiger partial charge in [0.15, 0.2) is 0 Å². The molecule has 1 heterocycles. The highest BCUT2D eigenvalue weighted by Gasteiger charge is 2.23. The Morgan fingerprint density at radius 3 is 3.00 bits per heavy atom. The van der Waals surface area contributed by atoms with E-state index in [-0.39, 0.29) is 12.1 Å². The lowest BCUT2D eigenvalue weighted by atomic mass is 10.4. The van der Waals surface area contributed by atoms with Gasteiger partial charge in [-0.25, -0.2) is 0 Å². The van der Waals surface area contributed by atoms with Crippen LogP contribution in [0, 0.1) is 0 Å². The maximum Gasteiger partial charge on any atom is 0.129 e. The number of aliphatic hydroxyl groups excluding tert-OH is 1. The van der Waals surface area contributed by atoms with E-state index in [1.54, 1.807) is 11.8 Å². The summed E-state index contributed by atoms with van der Waals surface area (Å²) in [7, 11) is 0. The summed E-state index contributed by atoms with van der Waals surface area (Å²) in [4.78, 5) is 0. The number of aliphatic hydroxyl groups is 1. The van der Waals surface area contributed by atoms with Gasteiger partial charge in [-0.15, -0.1) is 23.5 Å². The van der Waals surface area contributed by atoms with Crippen LogP contribution in [0.5, 0.6) is 0 Å². The largest absolute Gasteiger partial charge is 0.396 e. The van der Waals surface area contributed by atoms with Gasteiger partial charge < -0.3 is 10.3 Å². The molecule has 0 saturated carbocycles. The minimum absolute atomic E-state index is 0.0182. The summed E-state index contributed by atoms with van der Waals surface area (Å²) < 4.78 is 0.517. The van der Waals surface area contributed by atoms with Gasteiger partial charge in [0.25, 0.3) is 0 Å². The number of hydrogen-bond acceptors (Lipinski definition) is 6. The third-order valence-electron chi connectivity index (χ3n) is 1.73. The molecule has 0 radical (unpaired) electrons. The van der Waals surface area contributed by atoms with Gasteiger partial charge in [0.1, 0.15) is 5.50 Å². The highest BCUT2D eigenvalue weighted by atomic mass is 32.2. The fourth-order valence-corrected chi connectivity index (χ4v) is 3.59. The molecule has 13 heavy (non-hydrogen) atoms. The van der Waals surface area contributed by atoms with Gasteiger partial charge in [-0.1, -0.05) is 0 Å². The van der Waals surface area contributed by atoms with E-state index in [4.69, 9.17) is 10.3 Å². The van der Waals surface area contributed by atoms with Crippen molar-refractivity contribution >= 4 is 23.5 Å². The Kier molecular flexibility index (Phi) is 6.18. The number of hydrogen-bond donors (Lipinski definition) is 4. The molecule has 78 valence electrons. The zero-order valence-electron chi connectivity index (χ0n) is 7.40. The monoisotopic (exact) mass is 224 g/mol. The minimum Gasteiger partial charge on any atom is -0.396 e. The second-order valence-corrected chi connectivity index (χ2v) is 5.71. The van der Waals surface area contributed by atoms with Crippen molar-refractivity contribution in [2.45, 2.75) is 22.9 Å². The molecule has 0 aromatic carbocycles. The number of thioether (sulfide) groups is 2. The SMILES string of the molecule is OCCCCSC1CNC(NO)S1. The average molecular weight is 224 g/mol. The highest BCUT2D eigenvalue weighted by Crippen LogP contribution is 2.30. The normalized spacial score (nSPS) is 28.2. The molecule has 1 aliphatic rings. The summed E-state index contributed by atoms with van der Waals surface area (Å²) in [6.07, 6.45) is 1.95. The Hall–Kier alpha value is 0.540. The molecule has 0 aliphatic carbocycles. The van der Waals surface area contributed by atoms with Gasteiger partial charge in [-0.2, -0.15) is 5.48 Å². The topological polar surface area (TPSA) is 64.5 Å². The Labute approximate surface area is 86.8 Å². The van der Waals surface area contributed by atoms with Gasteiger partial charge in [0, 0.05) is 13.2 Å². The van der Waals surface area contributed by atoms with Crippen LogP contribution in [0.4, 0.5) is 0 Å². The second-order valence-electron chi connectivity index (χ2n) is 2.78. The summed E-state index contributed by atoms with van der Waals surface area (Å²) in [6.45, 7) is 1.21. The van der Waals surface area contributed by atoms with Gasteiger partial charge >= 0.3 is 0 Å². The molecule has 0 amide bonds. The van der Waals surface area contributed by atoms with E-state index < -0.39 is 0 Å². The first kappa shape index (κ1) is 11.6. The maximum absolute atomic E-state index is 8.62. The molecule has 4 nitrogen and oxygen atoms in total. The van der Waals surface area contributed by atoms with E-state index in [0.717, 1.165) is 25.1 Å². The quantitative estimate of drug-likeness (QED) is 0.387. The van der Waals surface area contributed by atoms with Crippen LogP contribution < -0.4 is 10.8 Å². The Morgan fingerprint density at radius 2 is 2.38 bits per heavy atom. The summed E-state index contributed by atoms with van der Waals surface area (Å²) >= 11 is 3.58. The Balaban J connectivity index is 1.97. The smallest absolute Gasteiger partial charge is 0.129 e. The van der Waals surface area contributed by atoms with Crippen LogP contribution in [0.25, 0.3) is 0 Å². The zero-order chi connectivity index (χ0) is 9.52. The molecule has 1 rings (SSSR count). The van der Waals surface area contributed by atoms with Crippen molar-refractivity contribution in [2.24, 2.45) is 0 Å². The summed E-state index contributed by atoms with van der Waals surface area (Å²) in [5, 5.41) is 20.3. The van der Waals surface area contributed by atoms with Crippen molar-refractivity contribution in [3.05, 3.63) is 0 Å². The first-order chi connectivity index (χ1) is 6.36. The molecular weight excluding hydrogens is 208 g/mol. The van der Waals surface area contributed by atoms with Gasteiger partial charge in [0.2, 0.25) is 0 Å². The van der Waals surface area contributed by atoms with Crippen LogP contribution >= 0.6 is 23.5 Å². The van der Waals surface area contributed by atoms with Crippen molar-refractivity contribution in [2.75, 3.05) is 18.9 Å². The standard InChI is InChI=1S/C7H16N2O2S2/c10-3-1-2-4-12-6-5-8-7(9-11)13-6/h6-11H,1-5H2. The molecule has 0 spiro atoms. The molecular formula is C7H16N2O2S2. The second kappa shape index (κ2) is 6.92. The fourth-order valence-electron chi connectivity index (χ4n) is 1.05. The zero-order valence-corrected chi connectivity index (χ0v) is 9.03. The molecule has 0 aromatic heterocycles. The van der Waals surface area contributed by atoms with Crippen LogP contribution in [-0.2, 0) is 0 Å². The number of rotatable bonds is 6. The van der Waals surface area contributed by atoms with Gasteiger partial charge in [-0.05, 0) is 18.6 Å². The molecule has 1 fully saturated rings. The van der Waals surface area contributed by atoms with Crippen LogP contribution in [0.1, 0.15) is 12.8 Å². The number of hydroxylamine groups is 1. The molecule has 0 bridgehead atoms. The first-order valence-corrected chi connectivity index (χ1v) is 6.37. The molecule has 4 N–H and O–H groups in total. The molecule has 0 aromatic rings. The lowest BCUT2D eigenvalue weighted by Gasteiger charge is -2.07. The van der Waals surface area contributed by atoms with Crippen molar-refractivity contribution in [3.8, 4) is 0 Å². The Bertz CT molecular complexity index is 140.